The highest BCUT2D eigenvalue weighted by atomic mass is 16.4. The van der Waals surface area contributed by atoms with Crippen molar-refractivity contribution in [1.29, 1.82) is 0 Å². The van der Waals surface area contributed by atoms with E-state index in [2.05, 4.69) is 5.10 Å². The second-order valence-electron chi connectivity index (χ2n) is 6.61. The molecule has 4 rings (SSSR count). The summed E-state index contributed by atoms with van der Waals surface area (Å²) in [6.45, 7) is 0. The van der Waals surface area contributed by atoms with Gasteiger partial charge in [0.1, 0.15) is 5.82 Å². The molecule has 3 N–H and O–H groups in total. The SMILES string of the molecule is Cn1ncc(-c2ccc(-c3ccc(C4(C(=O)O)CC4)cc3)cc2)c1N. The summed E-state index contributed by atoms with van der Waals surface area (Å²) in [6, 6.07) is 16.0. The summed E-state index contributed by atoms with van der Waals surface area (Å²) < 4.78 is 1.65. The Morgan fingerprint density at radius 3 is 2.00 bits per heavy atom. The molecule has 1 aromatic heterocycles. The normalized spacial score (nSPS) is 15.1. The van der Waals surface area contributed by atoms with Crippen LogP contribution in [0.4, 0.5) is 5.82 Å². The quantitative estimate of drug-likeness (QED) is 0.766. The van der Waals surface area contributed by atoms with Gasteiger partial charge in [-0.2, -0.15) is 5.10 Å². The Morgan fingerprint density at radius 2 is 1.56 bits per heavy atom. The maximum absolute atomic E-state index is 11.4. The van der Waals surface area contributed by atoms with E-state index < -0.39 is 11.4 Å². The van der Waals surface area contributed by atoms with E-state index in [-0.39, 0.29) is 0 Å². The molecule has 3 aromatic rings. The van der Waals surface area contributed by atoms with Crippen LogP contribution in [-0.2, 0) is 17.3 Å². The van der Waals surface area contributed by atoms with Crippen molar-refractivity contribution in [3.63, 3.8) is 0 Å². The van der Waals surface area contributed by atoms with Crippen molar-refractivity contribution in [3.8, 4) is 22.3 Å². The van der Waals surface area contributed by atoms with Gasteiger partial charge in [-0.15, -0.1) is 0 Å². The Bertz CT molecular complexity index is 936. The fourth-order valence-corrected chi connectivity index (χ4v) is 3.24. The van der Waals surface area contributed by atoms with Crippen molar-refractivity contribution >= 4 is 11.8 Å². The Balaban J connectivity index is 1.60. The zero-order chi connectivity index (χ0) is 17.6. The molecule has 5 heteroatoms. The number of hydrogen-bond acceptors (Lipinski definition) is 3. The van der Waals surface area contributed by atoms with Crippen LogP contribution < -0.4 is 5.73 Å². The predicted molar refractivity (Wildman–Crippen MR) is 97.0 cm³/mol. The molecule has 0 atom stereocenters. The first-order valence-electron chi connectivity index (χ1n) is 8.23. The summed E-state index contributed by atoms with van der Waals surface area (Å²) >= 11 is 0. The first-order chi connectivity index (χ1) is 12.0. The highest BCUT2D eigenvalue weighted by Gasteiger charge is 2.51. The smallest absolute Gasteiger partial charge is 0.314 e. The molecular weight excluding hydrogens is 314 g/mol. The van der Waals surface area contributed by atoms with Crippen molar-refractivity contribution in [2.75, 3.05) is 5.73 Å². The van der Waals surface area contributed by atoms with Gasteiger partial charge in [-0.1, -0.05) is 48.5 Å². The van der Waals surface area contributed by atoms with Gasteiger partial charge >= 0.3 is 5.97 Å². The monoisotopic (exact) mass is 333 g/mol. The fraction of sp³-hybridized carbons (Fsp3) is 0.200. The van der Waals surface area contributed by atoms with Crippen LogP contribution in [-0.4, -0.2) is 20.9 Å². The lowest BCUT2D eigenvalue weighted by molar-refractivity contribution is -0.140. The third-order valence-electron chi connectivity index (χ3n) is 5.11. The zero-order valence-electron chi connectivity index (χ0n) is 13.9. The topological polar surface area (TPSA) is 81.1 Å². The number of hydrogen-bond donors (Lipinski definition) is 2. The van der Waals surface area contributed by atoms with Crippen LogP contribution in [0, 0.1) is 0 Å². The Labute approximate surface area is 145 Å². The first kappa shape index (κ1) is 15.4. The molecule has 1 fully saturated rings. The third kappa shape index (κ3) is 2.48. The minimum Gasteiger partial charge on any atom is -0.481 e. The highest BCUT2D eigenvalue weighted by Crippen LogP contribution is 2.48. The lowest BCUT2D eigenvalue weighted by Crippen LogP contribution is -2.19. The Morgan fingerprint density at radius 1 is 1.04 bits per heavy atom. The lowest BCUT2D eigenvalue weighted by atomic mass is 9.93. The molecule has 1 aliphatic rings. The minimum atomic E-state index is -0.723. The first-order valence-corrected chi connectivity index (χ1v) is 8.23. The van der Waals surface area contributed by atoms with E-state index in [1.807, 2.05) is 55.6 Å². The lowest BCUT2D eigenvalue weighted by Gasteiger charge is -2.11. The summed E-state index contributed by atoms with van der Waals surface area (Å²) in [7, 11) is 1.82. The fourth-order valence-electron chi connectivity index (χ4n) is 3.24. The maximum Gasteiger partial charge on any atom is 0.314 e. The molecule has 1 aliphatic carbocycles. The number of carbonyl (C=O) groups is 1. The molecule has 0 spiro atoms. The van der Waals surface area contributed by atoms with E-state index in [1.54, 1.807) is 10.9 Å². The summed E-state index contributed by atoms with van der Waals surface area (Å²) in [5.74, 6) is -0.0841. The van der Waals surface area contributed by atoms with Crippen LogP contribution in [0.25, 0.3) is 22.3 Å². The number of nitrogens with two attached hydrogens (primary N) is 1. The van der Waals surface area contributed by atoms with E-state index in [4.69, 9.17) is 5.73 Å². The van der Waals surface area contributed by atoms with E-state index in [9.17, 15) is 9.90 Å². The Kier molecular flexibility index (Phi) is 3.39. The van der Waals surface area contributed by atoms with Crippen LogP contribution >= 0.6 is 0 Å². The summed E-state index contributed by atoms with van der Waals surface area (Å²) in [5.41, 5.74) is 10.4. The highest BCUT2D eigenvalue weighted by molar-refractivity contribution is 5.85. The molecule has 0 bridgehead atoms. The number of carboxylic acid groups (broad SMARTS) is 1. The minimum absolute atomic E-state index is 0.639. The zero-order valence-corrected chi connectivity index (χ0v) is 13.9. The molecule has 2 aromatic carbocycles. The molecule has 0 saturated heterocycles. The molecular formula is C20H19N3O2. The number of anilines is 1. The molecule has 1 heterocycles. The maximum atomic E-state index is 11.4. The van der Waals surface area contributed by atoms with Gasteiger partial charge in [-0.05, 0) is 35.1 Å². The van der Waals surface area contributed by atoms with Gasteiger partial charge in [0.15, 0.2) is 0 Å². The van der Waals surface area contributed by atoms with E-state index in [0.717, 1.165) is 40.7 Å². The van der Waals surface area contributed by atoms with Crippen LogP contribution in [0.1, 0.15) is 18.4 Å². The molecule has 1 saturated carbocycles. The number of aliphatic carboxylic acids is 1. The van der Waals surface area contributed by atoms with Gasteiger partial charge in [0.05, 0.1) is 11.6 Å². The predicted octanol–water partition coefficient (Wildman–Crippen LogP) is 3.45. The van der Waals surface area contributed by atoms with E-state index in [1.165, 1.54) is 0 Å². The second-order valence-corrected chi connectivity index (χ2v) is 6.61. The number of rotatable bonds is 4. The van der Waals surface area contributed by atoms with Gasteiger partial charge in [-0.25, -0.2) is 0 Å². The van der Waals surface area contributed by atoms with Crippen molar-refractivity contribution in [3.05, 3.63) is 60.3 Å². The number of benzene rings is 2. The molecule has 0 aliphatic heterocycles. The largest absolute Gasteiger partial charge is 0.481 e. The molecule has 5 nitrogen and oxygen atoms in total. The molecule has 0 unspecified atom stereocenters. The number of nitrogens with zero attached hydrogens (tertiary/aromatic N) is 2. The van der Waals surface area contributed by atoms with Crippen molar-refractivity contribution < 1.29 is 9.90 Å². The molecule has 25 heavy (non-hydrogen) atoms. The van der Waals surface area contributed by atoms with Gasteiger partial charge in [-0.3, -0.25) is 9.48 Å². The molecule has 126 valence electrons. The number of carboxylic acids is 1. The van der Waals surface area contributed by atoms with Crippen LogP contribution in [0.15, 0.2) is 54.7 Å². The van der Waals surface area contributed by atoms with E-state index in [0.29, 0.717) is 5.82 Å². The van der Waals surface area contributed by atoms with Gasteiger partial charge in [0, 0.05) is 12.6 Å². The van der Waals surface area contributed by atoms with Crippen molar-refractivity contribution in [2.24, 2.45) is 7.05 Å². The van der Waals surface area contributed by atoms with Gasteiger partial charge in [0.2, 0.25) is 0 Å². The number of nitrogen functional groups attached to an aromatic ring is 1. The second kappa shape index (κ2) is 5.48. The average Bonchev–Trinajstić information content (AvgIpc) is 3.38. The molecule has 0 radical (unpaired) electrons. The summed E-state index contributed by atoms with van der Waals surface area (Å²) in [6.07, 6.45) is 3.21. The Hall–Kier alpha value is -3.08. The van der Waals surface area contributed by atoms with Gasteiger partial charge < -0.3 is 10.8 Å². The number of aryl methyl sites for hydroxylation is 1. The number of aromatic nitrogens is 2. The average molecular weight is 333 g/mol. The standard InChI is InChI=1S/C20H19N3O2/c1-23-18(21)17(12-22-23)15-4-2-13(3-5-15)14-6-8-16(9-7-14)20(10-11-20)19(24)25/h2-9,12H,10-11,21H2,1H3,(H,24,25). The van der Waals surface area contributed by atoms with Crippen LogP contribution in [0.2, 0.25) is 0 Å². The van der Waals surface area contributed by atoms with Crippen molar-refractivity contribution in [1.82, 2.24) is 9.78 Å². The van der Waals surface area contributed by atoms with E-state index >= 15 is 0 Å². The van der Waals surface area contributed by atoms with Crippen molar-refractivity contribution in [2.45, 2.75) is 18.3 Å². The third-order valence-corrected chi connectivity index (χ3v) is 5.11. The van der Waals surface area contributed by atoms with Gasteiger partial charge in [0.25, 0.3) is 0 Å². The summed E-state index contributed by atoms with van der Waals surface area (Å²) in [4.78, 5) is 11.4. The molecule has 0 amide bonds. The van der Waals surface area contributed by atoms with Crippen LogP contribution in [0.5, 0.6) is 0 Å². The summed E-state index contributed by atoms with van der Waals surface area (Å²) in [5, 5.41) is 13.6. The van der Waals surface area contributed by atoms with Crippen LogP contribution in [0.3, 0.4) is 0 Å².